The van der Waals surface area contributed by atoms with Crippen LogP contribution in [-0.4, -0.2) is 49.2 Å². The maximum atomic E-state index is 12.0. The smallest absolute Gasteiger partial charge is 0.228 e. The van der Waals surface area contributed by atoms with Gasteiger partial charge in [0.05, 0.1) is 12.5 Å². The van der Waals surface area contributed by atoms with Crippen LogP contribution in [0.15, 0.2) is 0 Å². The standard InChI is InChI=1S/C10H16N2O2/c13-10(7-1-2-14-6-7)12-4-8-3-9(5-12)11-8/h7-9,11H,1-6H2. The van der Waals surface area contributed by atoms with E-state index in [9.17, 15) is 4.79 Å². The molecule has 1 amide bonds. The molecular weight excluding hydrogens is 180 g/mol. The number of hydrogen-bond acceptors (Lipinski definition) is 3. The summed E-state index contributed by atoms with van der Waals surface area (Å²) < 4.78 is 5.24. The molecule has 3 unspecified atom stereocenters. The molecule has 4 rings (SSSR count). The van der Waals surface area contributed by atoms with Crippen LogP contribution in [0.4, 0.5) is 0 Å². The molecule has 4 aliphatic rings. The van der Waals surface area contributed by atoms with E-state index in [0.717, 1.165) is 26.1 Å². The van der Waals surface area contributed by atoms with E-state index in [-0.39, 0.29) is 5.92 Å². The van der Waals surface area contributed by atoms with Crippen molar-refractivity contribution in [2.75, 3.05) is 26.3 Å². The van der Waals surface area contributed by atoms with Crippen LogP contribution in [0.1, 0.15) is 12.8 Å². The molecule has 14 heavy (non-hydrogen) atoms. The van der Waals surface area contributed by atoms with Gasteiger partial charge in [-0.25, -0.2) is 0 Å². The average molecular weight is 196 g/mol. The van der Waals surface area contributed by atoms with E-state index in [4.69, 9.17) is 4.74 Å². The number of piperidine rings is 1. The van der Waals surface area contributed by atoms with Gasteiger partial charge >= 0.3 is 0 Å². The quantitative estimate of drug-likeness (QED) is 0.620. The molecule has 0 saturated carbocycles. The fraction of sp³-hybridized carbons (Fsp3) is 0.900. The lowest BCUT2D eigenvalue weighted by atomic mass is 9.90. The molecule has 0 aromatic rings. The molecule has 4 nitrogen and oxygen atoms in total. The van der Waals surface area contributed by atoms with Gasteiger partial charge in [0, 0.05) is 31.8 Å². The predicted octanol–water partition coefficient (Wildman–Crippen LogP) is -0.404. The Morgan fingerprint density at radius 3 is 2.64 bits per heavy atom. The van der Waals surface area contributed by atoms with E-state index in [1.54, 1.807) is 0 Å². The summed E-state index contributed by atoms with van der Waals surface area (Å²) in [5.74, 6) is 0.464. The van der Waals surface area contributed by atoms with Crippen molar-refractivity contribution in [3.05, 3.63) is 0 Å². The van der Waals surface area contributed by atoms with Crippen molar-refractivity contribution in [3.8, 4) is 0 Å². The number of amides is 1. The highest BCUT2D eigenvalue weighted by Gasteiger charge is 2.40. The van der Waals surface area contributed by atoms with Crippen LogP contribution in [-0.2, 0) is 9.53 Å². The molecule has 1 N–H and O–H groups in total. The maximum Gasteiger partial charge on any atom is 0.228 e. The molecule has 2 bridgehead atoms. The summed E-state index contributed by atoms with van der Waals surface area (Å²) in [6.45, 7) is 3.21. The summed E-state index contributed by atoms with van der Waals surface area (Å²) in [4.78, 5) is 14.0. The third kappa shape index (κ3) is 1.33. The number of nitrogens with zero attached hydrogens (tertiary/aromatic N) is 1. The van der Waals surface area contributed by atoms with Crippen LogP contribution in [0.25, 0.3) is 0 Å². The van der Waals surface area contributed by atoms with Gasteiger partial charge in [0.25, 0.3) is 0 Å². The first-order valence-electron chi connectivity index (χ1n) is 5.45. The Morgan fingerprint density at radius 2 is 2.07 bits per heavy atom. The van der Waals surface area contributed by atoms with Crippen molar-refractivity contribution < 1.29 is 9.53 Å². The van der Waals surface area contributed by atoms with Crippen LogP contribution in [0.5, 0.6) is 0 Å². The minimum Gasteiger partial charge on any atom is -0.381 e. The first kappa shape index (κ1) is 8.68. The van der Waals surface area contributed by atoms with Gasteiger partial charge < -0.3 is 15.0 Å². The molecule has 4 heteroatoms. The van der Waals surface area contributed by atoms with E-state index in [0.29, 0.717) is 24.6 Å². The molecule has 0 aromatic carbocycles. The summed E-state index contributed by atoms with van der Waals surface area (Å²) in [7, 11) is 0. The second-order valence-electron chi connectivity index (χ2n) is 4.60. The normalized spacial score (nSPS) is 40.9. The second-order valence-corrected chi connectivity index (χ2v) is 4.60. The Kier molecular flexibility index (Phi) is 1.99. The maximum absolute atomic E-state index is 12.0. The molecule has 3 atom stereocenters. The molecule has 0 aromatic heterocycles. The number of fused-ring (bicyclic) bond motifs is 2. The minimum atomic E-state index is 0.146. The first-order valence-corrected chi connectivity index (χ1v) is 5.45. The molecule has 4 saturated heterocycles. The third-order valence-electron chi connectivity index (χ3n) is 3.51. The van der Waals surface area contributed by atoms with Crippen molar-refractivity contribution in [3.63, 3.8) is 0 Å². The molecule has 4 heterocycles. The highest BCUT2D eigenvalue weighted by atomic mass is 16.5. The zero-order valence-electron chi connectivity index (χ0n) is 8.24. The minimum absolute atomic E-state index is 0.146. The Labute approximate surface area is 83.6 Å². The average Bonchev–Trinajstić information content (AvgIpc) is 2.68. The number of ether oxygens (including phenoxy) is 1. The molecule has 0 aliphatic carbocycles. The van der Waals surface area contributed by atoms with Gasteiger partial charge in [0.1, 0.15) is 0 Å². The third-order valence-corrected chi connectivity index (χ3v) is 3.51. The van der Waals surface area contributed by atoms with Crippen molar-refractivity contribution in [1.82, 2.24) is 10.2 Å². The van der Waals surface area contributed by atoms with E-state index < -0.39 is 0 Å². The predicted molar refractivity (Wildman–Crippen MR) is 50.8 cm³/mol. The van der Waals surface area contributed by atoms with Gasteiger partial charge in [-0.15, -0.1) is 0 Å². The van der Waals surface area contributed by atoms with Gasteiger partial charge in [-0.1, -0.05) is 0 Å². The number of nitrogens with one attached hydrogen (secondary N) is 1. The van der Waals surface area contributed by atoms with E-state index in [2.05, 4.69) is 5.32 Å². The number of carbonyl (C=O) groups is 1. The van der Waals surface area contributed by atoms with Crippen molar-refractivity contribution in [1.29, 1.82) is 0 Å². The summed E-state index contributed by atoms with van der Waals surface area (Å²) in [6.07, 6.45) is 2.17. The van der Waals surface area contributed by atoms with Crippen molar-refractivity contribution in [2.45, 2.75) is 24.9 Å². The molecule has 0 spiro atoms. The number of piperazine rings is 1. The molecule has 0 radical (unpaired) electrons. The van der Waals surface area contributed by atoms with E-state index >= 15 is 0 Å². The number of rotatable bonds is 1. The Morgan fingerprint density at radius 1 is 1.36 bits per heavy atom. The lowest BCUT2D eigenvalue weighted by Gasteiger charge is -2.48. The Bertz CT molecular complexity index is 235. The van der Waals surface area contributed by atoms with Crippen molar-refractivity contribution >= 4 is 5.91 Å². The van der Waals surface area contributed by atoms with Gasteiger partial charge in [0.15, 0.2) is 0 Å². The van der Waals surface area contributed by atoms with Crippen LogP contribution in [0.3, 0.4) is 0 Å². The zero-order chi connectivity index (χ0) is 9.54. The Hall–Kier alpha value is -0.610. The number of carbonyl (C=O) groups excluding carboxylic acids is 1. The fourth-order valence-corrected chi connectivity index (χ4v) is 2.68. The summed E-state index contributed by atoms with van der Waals surface area (Å²) in [6, 6.07) is 1.14. The van der Waals surface area contributed by atoms with Crippen LogP contribution >= 0.6 is 0 Å². The molecule has 78 valence electrons. The Balaban J connectivity index is 1.61. The monoisotopic (exact) mass is 196 g/mol. The SMILES string of the molecule is O=C(C1CCOC1)N1CC2CC(C1)N2. The molecular formula is C10H16N2O2. The second kappa shape index (κ2) is 3.21. The lowest BCUT2D eigenvalue weighted by molar-refractivity contribution is -0.139. The van der Waals surface area contributed by atoms with E-state index in [1.807, 2.05) is 4.90 Å². The van der Waals surface area contributed by atoms with Crippen LogP contribution < -0.4 is 5.32 Å². The van der Waals surface area contributed by atoms with Gasteiger partial charge in [-0.3, -0.25) is 4.79 Å². The zero-order valence-corrected chi connectivity index (χ0v) is 8.24. The summed E-state index contributed by atoms with van der Waals surface area (Å²) in [5.41, 5.74) is 0. The largest absolute Gasteiger partial charge is 0.381 e. The van der Waals surface area contributed by atoms with Gasteiger partial charge in [0.2, 0.25) is 5.91 Å². The molecule has 4 fully saturated rings. The fourth-order valence-electron chi connectivity index (χ4n) is 2.68. The highest BCUT2D eigenvalue weighted by Crippen LogP contribution is 2.24. The molecule has 4 aliphatic heterocycles. The van der Waals surface area contributed by atoms with E-state index in [1.165, 1.54) is 6.42 Å². The highest BCUT2D eigenvalue weighted by molar-refractivity contribution is 5.79. The first-order chi connectivity index (χ1) is 6.83. The topological polar surface area (TPSA) is 41.6 Å². The summed E-state index contributed by atoms with van der Waals surface area (Å²) >= 11 is 0. The van der Waals surface area contributed by atoms with Gasteiger partial charge in [-0.2, -0.15) is 0 Å². The van der Waals surface area contributed by atoms with Crippen LogP contribution in [0.2, 0.25) is 0 Å². The lowest BCUT2D eigenvalue weighted by Crippen LogP contribution is -2.68. The van der Waals surface area contributed by atoms with Crippen molar-refractivity contribution in [2.24, 2.45) is 5.92 Å². The number of hydrogen-bond donors (Lipinski definition) is 1. The van der Waals surface area contributed by atoms with Crippen LogP contribution in [0, 0.1) is 5.92 Å². The van der Waals surface area contributed by atoms with Gasteiger partial charge in [-0.05, 0) is 12.8 Å². The summed E-state index contributed by atoms with van der Waals surface area (Å²) in [5, 5.41) is 3.43.